The summed E-state index contributed by atoms with van der Waals surface area (Å²) in [5.74, 6) is 0. The van der Waals surface area contributed by atoms with E-state index in [0.717, 1.165) is 0 Å². The maximum Gasteiger partial charge on any atom is 0.272 e. The number of anilines is 2. The summed E-state index contributed by atoms with van der Waals surface area (Å²) in [4.78, 5) is 10.3. The first-order valence-corrected chi connectivity index (χ1v) is 7.41. The fourth-order valence-electron chi connectivity index (χ4n) is 1.78. The number of nitro groups is 1. The van der Waals surface area contributed by atoms with Crippen LogP contribution in [-0.2, 0) is 10.0 Å². The maximum absolute atomic E-state index is 12.2. The Balaban J connectivity index is 2.31. The van der Waals surface area contributed by atoms with E-state index in [1.807, 2.05) is 0 Å². The molecule has 0 aromatic heterocycles. The lowest BCUT2D eigenvalue weighted by Crippen LogP contribution is -2.13. The van der Waals surface area contributed by atoms with Crippen LogP contribution in [0, 0.1) is 17.0 Å². The van der Waals surface area contributed by atoms with Crippen molar-refractivity contribution in [3.8, 4) is 0 Å². The minimum absolute atomic E-state index is 0.0627. The molecule has 0 amide bonds. The molecule has 2 rings (SSSR count). The van der Waals surface area contributed by atoms with Crippen molar-refractivity contribution in [3.05, 3.63) is 58.1 Å². The van der Waals surface area contributed by atoms with Crippen molar-refractivity contribution in [1.29, 1.82) is 0 Å². The first-order valence-electron chi connectivity index (χ1n) is 5.93. The molecule has 0 aliphatic rings. The number of nitrogens with zero attached hydrogens (tertiary/aromatic N) is 1. The molecule has 0 aliphatic heterocycles. The predicted molar refractivity (Wildman–Crippen MR) is 79.5 cm³/mol. The number of rotatable bonds is 4. The predicted octanol–water partition coefficient (Wildman–Crippen LogP) is 2.29. The highest BCUT2D eigenvalue weighted by molar-refractivity contribution is 7.92. The van der Waals surface area contributed by atoms with Gasteiger partial charge in [0.05, 0.1) is 9.82 Å². The van der Waals surface area contributed by atoms with Crippen molar-refractivity contribution >= 4 is 27.1 Å². The summed E-state index contributed by atoms with van der Waals surface area (Å²) in [5, 5.41) is 10.7. The number of nitrogens with one attached hydrogen (secondary N) is 1. The van der Waals surface area contributed by atoms with Gasteiger partial charge in [-0.1, -0.05) is 0 Å². The van der Waals surface area contributed by atoms with E-state index in [0.29, 0.717) is 11.3 Å². The average Bonchev–Trinajstić information content (AvgIpc) is 2.38. The van der Waals surface area contributed by atoms with E-state index < -0.39 is 14.9 Å². The van der Waals surface area contributed by atoms with Crippen molar-refractivity contribution in [1.82, 2.24) is 0 Å². The second kappa shape index (κ2) is 5.41. The Morgan fingerprint density at radius 1 is 1.14 bits per heavy atom. The van der Waals surface area contributed by atoms with E-state index in [-0.39, 0.29) is 16.3 Å². The Hall–Kier alpha value is -2.61. The summed E-state index contributed by atoms with van der Waals surface area (Å²) in [5.41, 5.74) is 6.53. The molecule has 0 saturated heterocycles. The van der Waals surface area contributed by atoms with E-state index in [1.165, 1.54) is 42.5 Å². The molecule has 3 N–H and O–H groups in total. The van der Waals surface area contributed by atoms with Gasteiger partial charge in [-0.3, -0.25) is 14.8 Å². The number of nitro benzene ring substituents is 1. The molecule has 8 heteroatoms. The quantitative estimate of drug-likeness (QED) is 0.511. The van der Waals surface area contributed by atoms with Crippen LogP contribution in [0.4, 0.5) is 17.1 Å². The topological polar surface area (TPSA) is 115 Å². The number of benzene rings is 2. The molecule has 0 unspecified atom stereocenters. The van der Waals surface area contributed by atoms with Crippen molar-refractivity contribution in [2.45, 2.75) is 11.8 Å². The van der Waals surface area contributed by atoms with Gasteiger partial charge >= 0.3 is 0 Å². The van der Waals surface area contributed by atoms with E-state index in [2.05, 4.69) is 4.72 Å². The standard InChI is InChI=1S/C13H13N3O4S/c1-9-8-11(4-7-13(9)16(17)18)15-21(19,20)12-5-2-10(14)3-6-12/h2-8,15H,14H2,1H3. The van der Waals surface area contributed by atoms with Crippen molar-refractivity contribution in [2.24, 2.45) is 0 Å². The molecule has 0 fully saturated rings. The third-order valence-electron chi connectivity index (χ3n) is 2.84. The van der Waals surface area contributed by atoms with Crippen molar-refractivity contribution in [3.63, 3.8) is 0 Å². The van der Waals surface area contributed by atoms with Crippen LogP contribution in [0.5, 0.6) is 0 Å². The Morgan fingerprint density at radius 2 is 1.76 bits per heavy atom. The van der Waals surface area contributed by atoms with Gasteiger partial charge < -0.3 is 5.73 Å². The molecule has 0 bridgehead atoms. The molecular formula is C13H13N3O4S. The zero-order chi connectivity index (χ0) is 15.6. The zero-order valence-electron chi connectivity index (χ0n) is 11.1. The molecular weight excluding hydrogens is 294 g/mol. The van der Waals surface area contributed by atoms with E-state index in [4.69, 9.17) is 5.73 Å². The largest absolute Gasteiger partial charge is 0.399 e. The Kier molecular flexibility index (Phi) is 3.81. The monoisotopic (exact) mass is 307 g/mol. The van der Waals surface area contributed by atoms with Crippen LogP contribution < -0.4 is 10.5 Å². The zero-order valence-corrected chi connectivity index (χ0v) is 11.9. The highest BCUT2D eigenvalue weighted by Crippen LogP contribution is 2.23. The molecule has 0 spiro atoms. The van der Waals surface area contributed by atoms with Crippen LogP contribution in [0.15, 0.2) is 47.4 Å². The van der Waals surface area contributed by atoms with E-state index >= 15 is 0 Å². The molecule has 110 valence electrons. The molecule has 2 aromatic carbocycles. The molecule has 0 aliphatic carbocycles. The normalized spacial score (nSPS) is 11.1. The number of sulfonamides is 1. The van der Waals surface area contributed by atoms with Gasteiger partial charge in [0.1, 0.15) is 0 Å². The lowest BCUT2D eigenvalue weighted by atomic mass is 10.2. The van der Waals surface area contributed by atoms with Gasteiger partial charge in [-0.15, -0.1) is 0 Å². The molecule has 2 aromatic rings. The Labute approximate surface area is 121 Å². The summed E-state index contributed by atoms with van der Waals surface area (Å²) in [6.45, 7) is 1.54. The minimum Gasteiger partial charge on any atom is -0.399 e. The van der Waals surface area contributed by atoms with Gasteiger partial charge in [0.2, 0.25) is 0 Å². The number of hydrogen-bond acceptors (Lipinski definition) is 5. The van der Waals surface area contributed by atoms with Gasteiger partial charge in [-0.05, 0) is 43.3 Å². The summed E-state index contributed by atoms with van der Waals surface area (Å²) in [7, 11) is -3.76. The van der Waals surface area contributed by atoms with Crippen molar-refractivity contribution < 1.29 is 13.3 Å². The fourth-order valence-corrected chi connectivity index (χ4v) is 2.83. The number of hydrogen-bond donors (Lipinski definition) is 2. The van der Waals surface area contributed by atoms with Crippen LogP contribution in [-0.4, -0.2) is 13.3 Å². The van der Waals surface area contributed by atoms with Crippen LogP contribution in [0.3, 0.4) is 0 Å². The van der Waals surface area contributed by atoms with Gasteiger partial charge in [0.15, 0.2) is 0 Å². The lowest BCUT2D eigenvalue weighted by molar-refractivity contribution is -0.385. The summed E-state index contributed by atoms with van der Waals surface area (Å²) < 4.78 is 26.7. The summed E-state index contributed by atoms with van der Waals surface area (Å²) in [6, 6.07) is 9.75. The van der Waals surface area contributed by atoms with Gasteiger partial charge in [0, 0.05) is 23.0 Å². The van der Waals surface area contributed by atoms with Crippen LogP contribution in [0.25, 0.3) is 0 Å². The first kappa shape index (κ1) is 14.8. The smallest absolute Gasteiger partial charge is 0.272 e. The molecule has 21 heavy (non-hydrogen) atoms. The molecule has 0 saturated carbocycles. The van der Waals surface area contributed by atoms with Crippen LogP contribution >= 0.6 is 0 Å². The lowest BCUT2D eigenvalue weighted by Gasteiger charge is -2.09. The van der Waals surface area contributed by atoms with Crippen molar-refractivity contribution in [2.75, 3.05) is 10.5 Å². The average molecular weight is 307 g/mol. The van der Waals surface area contributed by atoms with Gasteiger partial charge in [0.25, 0.3) is 15.7 Å². The van der Waals surface area contributed by atoms with E-state index in [9.17, 15) is 18.5 Å². The molecule has 0 radical (unpaired) electrons. The third-order valence-corrected chi connectivity index (χ3v) is 4.23. The fraction of sp³-hybridized carbons (Fsp3) is 0.0769. The number of aryl methyl sites for hydroxylation is 1. The highest BCUT2D eigenvalue weighted by atomic mass is 32.2. The molecule has 0 atom stereocenters. The summed E-state index contributed by atoms with van der Waals surface area (Å²) in [6.07, 6.45) is 0. The first-order chi connectivity index (χ1) is 9.79. The third kappa shape index (κ3) is 3.29. The Bertz CT molecular complexity index is 786. The second-order valence-electron chi connectivity index (χ2n) is 4.43. The van der Waals surface area contributed by atoms with Crippen LogP contribution in [0.1, 0.15) is 5.56 Å². The van der Waals surface area contributed by atoms with Gasteiger partial charge in [-0.2, -0.15) is 0 Å². The van der Waals surface area contributed by atoms with Crippen LogP contribution in [0.2, 0.25) is 0 Å². The molecule has 0 heterocycles. The molecule has 7 nitrogen and oxygen atoms in total. The number of nitrogens with two attached hydrogens (primary N) is 1. The number of nitrogen functional groups attached to an aromatic ring is 1. The second-order valence-corrected chi connectivity index (χ2v) is 6.12. The minimum atomic E-state index is -3.76. The SMILES string of the molecule is Cc1cc(NS(=O)(=O)c2ccc(N)cc2)ccc1[N+](=O)[O-]. The highest BCUT2D eigenvalue weighted by Gasteiger charge is 2.16. The van der Waals surface area contributed by atoms with E-state index in [1.54, 1.807) is 6.92 Å². The maximum atomic E-state index is 12.2. The van der Waals surface area contributed by atoms with Gasteiger partial charge in [-0.25, -0.2) is 8.42 Å². The summed E-state index contributed by atoms with van der Waals surface area (Å²) >= 11 is 0. The Morgan fingerprint density at radius 3 is 2.29 bits per heavy atom.